The average molecular weight is 338 g/mol. The predicted molar refractivity (Wildman–Crippen MR) is 101 cm³/mol. The van der Waals surface area contributed by atoms with Crippen molar-refractivity contribution in [2.45, 2.75) is 12.8 Å². The van der Waals surface area contributed by atoms with Crippen LogP contribution in [0, 0.1) is 0 Å². The number of thiazole rings is 1. The molecule has 0 spiro atoms. The van der Waals surface area contributed by atoms with Gasteiger partial charge in [-0.1, -0.05) is 18.2 Å². The molecule has 24 heavy (non-hydrogen) atoms. The molecule has 0 N–H and O–H groups in total. The summed E-state index contributed by atoms with van der Waals surface area (Å²) in [6.45, 7) is 5.54. The van der Waals surface area contributed by atoms with E-state index in [1.807, 2.05) is 23.6 Å². The molecule has 3 aromatic rings. The van der Waals surface area contributed by atoms with E-state index in [-0.39, 0.29) is 0 Å². The van der Waals surface area contributed by atoms with E-state index in [0.717, 1.165) is 50.5 Å². The maximum atomic E-state index is 4.73. The van der Waals surface area contributed by atoms with Crippen LogP contribution in [0.3, 0.4) is 0 Å². The highest BCUT2D eigenvalue weighted by molar-refractivity contribution is 7.18. The normalized spacial score (nSPS) is 15.9. The topological polar surface area (TPSA) is 32.3 Å². The van der Waals surface area contributed by atoms with Crippen LogP contribution in [-0.2, 0) is 6.42 Å². The van der Waals surface area contributed by atoms with Gasteiger partial charge in [-0.3, -0.25) is 4.90 Å². The zero-order valence-electron chi connectivity index (χ0n) is 13.8. The van der Waals surface area contributed by atoms with Crippen LogP contribution in [0.5, 0.6) is 0 Å². The lowest BCUT2D eigenvalue weighted by Gasteiger charge is -2.35. The average Bonchev–Trinajstić information content (AvgIpc) is 3.06. The standard InChI is InChI=1S/C19H22N4S/c1-2-7-17-16(6-1)21-19(24-17)9-5-11-22-12-14-23(15-13-22)18-8-3-4-10-20-18/h1-4,6-8,10H,5,9,11-15H2. The molecule has 0 saturated carbocycles. The van der Waals surface area contributed by atoms with Crippen molar-refractivity contribution in [3.05, 3.63) is 53.7 Å². The monoisotopic (exact) mass is 338 g/mol. The van der Waals surface area contributed by atoms with Crippen molar-refractivity contribution >= 4 is 27.4 Å². The second kappa shape index (κ2) is 7.28. The molecule has 3 heterocycles. The molecule has 0 bridgehead atoms. The first kappa shape index (κ1) is 15.5. The van der Waals surface area contributed by atoms with E-state index in [9.17, 15) is 0 Å². The number of hydrogen-bond acceptors (Lipinski definition) is 5. The summed E-state index contributed by atoms with van der Waals surface area (Å²) >= 11 is 1.84. The van der Waals surface area contributed by atoms with Crippen LogP contribution >= 0.6 is 11.3 Å². The van der Waals surface area contributed by atoms with Crippen molar-refractivity contribution < 1.29 is 0 Å². The van der Waals surface area contributed by atoms with E-state index in [2.05, 4.69) is 51.2 Å². The largest absolute Gasteiger partial charge is 0.354 e. The molecule has 4 rings (SSSR count). The Hall–Kier alpha value is -1.98. The zero-order chi connectivity index (χ0) is 16.2. The highest BCUT2D eigenvalue weighted by Gasteiger charge is 2.17. The van der Waals surface area contributed by atoms with E-state index in [0.29, 0.717) is 0 Å². The Morgan fingerprint density at radius 1 is 0.958 bits per heavy atom. The summed E-state index contributed by atoms with van der Waals surface area (Å²) in [5.41, 5.74) is 1.14. The molecule has 0 atom stereocenters. The van der Waals surface area contributed by atoms with Crippen LogP contribution in [0.1, 0.15) is 11.4 Å². The SMILES string of the molecule is c1ccc(N2CCN(CCCc3nc4ccccc4s3)CC2)nc1. The van der Waals surface area contributed by atoms with Crippen LogP contribution in [0.4, 0.5) is 5.82 Å². The number of rotatable bonds is 5. The highest BCUT2D eigenvalue weighted by Crippen LogP contribution is 2.22. The molecule has 1 aliphatic heterocycles. The molecular weight excluding hydrogens is 316 g/mol. The maximum absolute atomic E-state index is 4.73. The molecule has 124 valence electrons. The molecule has 4 nitrogen and oxygen atoms in total. The molecular formula is C19H22N4S. The number of aromatic nitrogens is 2. The molecule has 0 amide bonds. The lowest BCUT2D eigenvalue weighted by Crippen LogP contribution is -2.46. The Morgan fingerprint density at radius 3 is 2.58 bits per heavy atom. The van der Waals surface area contributed by atoms with Gasteiger partial charge >= 0.3 is 0 Å². The molecule has 2 aromatic heterocycles. The van der Waals surface area contributed by atoms with E-state index in [4.69, 9.17) is 4.98 Å². The van der Waals surface area contributed by atoms with E-state index >= 15 is 0 Å². The number of fused-ring (bicyclic) bond motifs is 1. The number of aryl methyl sites for hydroxylation is 1. The van der Waals surface area contributed by atoms with Gasteiger partial charge in [-0.25, -0.2) is 9.97 Å². The Balaban J connectivity index is 1.24. The van der Waals surface area contributed by atoms with E-state index < -0.39 is 0 Å². The number of hydrogen-bond donors (Lipinski definition) is 0. The molecule has 0 radical (unpaired) electrons. The summed E-state index contributed by atoms with van der Waals surface area (Å²) in [6.07, 6.45) is 4.14. The van der Waals surface area contributed by atoms with E-state index in [1.165, 1.54) is 16.1 Å². The third kappa shape index (κ3) is 3.57. The third-order valence-electron chi connectivity index (χ3n) is 4.55. The Bertz CT molecular complexity index is 745. The first-order valence-electron chi connectivity index (χ1n) is 8.61. The van der Waals surface area contributed by atoms with Crippen LogP contribution in [-0.4, -0.2) is 47.6 Å². The Labute approximate surface area is 146 Å². The number of piperazine rings is 1. The molecule has 1 saturated heterocycles. The van der Waals surface area contributed by atoms with Crippen LogP contribution in [0.25, 0.3) is 10.2 Å². The number of benzene rings is 1. The minimum atomic E-state index is 1.07. The van der Waals surface area contributed by atoms with Crippen molar-refractivity contribution in [2.75, 3.05) is 37.6 Å². The van der Waals surface area contributed by atoms with Crippen LogP contribution < -0.4 is 4.90 Å². The van der Waals surface area contributed by atoms with Gasteiger partial charge in [0.05, 0.1) is 15.2 Å². The fourth-order valence-corrected chi connectivity index (χ4v) is 4.23. The maximum Gasteiger partial charge on any atom is 0.128 e. The van der Waals surface area contributed by atoms with Crippen molar-refractivity contribution in [3.63, 3.8) is 0 Å². The smallest absolute Gasteiger partial charge is 0.128 e. The van der Waals surface area contributed by atoms with Gasteiger partial charge in [0.25, 0.3) is 0 Å². The fourth-order valence-electron chi connectivity index (χ4n) is 3.22. The molecule has 0 aliphatic carbocycles. The zero-order valence-corrected chi connectivity index (χ0v) is 14.6. The second-order valence-electron chi connectivity index (χ2n) is 6.20. The Kier molecular flexibility index (Phi) is 4.71. The highest BCUT2D eigenvalue weighted by atomic mass is 32.1. The van der Waals surface area contributed by atoms with Crippen LogP contribution in [0.2, 0.25) is 0 Å². The third-order valence-corrected chi connectivity index (χ3v) is 5.64. The fraction of sp³-hybridized carbons (Fsp3) is 0.368. The molecule has 1 aromatic carbocycles. The van der Waals surface area contributed by atoms with Gasteiger partial charge in [-0.05, 0) is 37.2 Å². The summed E-state index contributed by atoms with van der Waals surface area (Å²) in [6, 6.07) is 14.6. The van der Waals surface area contributed by atoms with E-state index in [1.54, 1.807) is 0 Å². The Morgan fingerprint density at radius 2 is 1.79 bits per heavy atom. The number of anilines is 1. The second-order valence-corrected chi connectivity index (χ2v) is 7.31. The molecule has 1 fully saturated rings. The quantitative estimate of drug-likeness (QED) is 0.713. The van der Waals surface area contributed by atoms with Crippen molar-refractivity contribution in [1.82, 2.24) is 14.9 Å². The van der Waals surface area contributed by atoms with Gasteiger partial charge in [0, 0.05) is 38.8 Å². The van der Waals surface area contributed by atoms with Crippen LogP contribution in [0.15, 0.2) is 48.7 Å². The van der Waals surface area contributed by atoms with Gasteiger partial charge in [0.15, 0.2) is 0 Å². The lowest BCUT2D eigenvalue weighted by molar-refractivity contribution is 0.254. The summed E-state index contributed by atoms with van der Waals surface area (Å²) in [5.74, 6) is 1.10. The summed E-state index contributed by atoms with van der Waals surface area (Å²) in [7, 11) is 0. The minimum Gasteiger partial charge on any atom is -0.354 e. The first-order valence-corrected chi connectivity index (χ1v) is 9.43. The van der Waals surface area contributed by atoms with Gasteiger partial charge in [0.2, 0.25) is 0 Å². The number of para-hydroxylation sites is 1. The summed E-state index contributed by atoms with van der Waals surface area (Å²) < 4.78 is 1.30. The van der Waals surface area contributed by atoms with Crippen molar-refractivity contribution in [1.29, 1.82) is 0 Å². The number of nitrogens with zero attached hydrogens (tertiary/aromatic N) is 4. The summed E-state index contributed by atoms with van der Waals surface area (Å²) in [5, 5.41) is 1.27. The van der Waals surface area contributed by atoms with Gasteiger partial charge in [-0.2, -0.15) is 0 Å². The predicted octanol–water partition coefficient (Wildman–Crippen LogP) is 3.45. The van der Waals surface area contributed by atoms with Crippen molar-refractivity contribution in [2.24, 2.45) is 0 Å². The van der Waals surface area contributed by atoms with Gasteiger partial charge in [0.1, 0.15) is 5.82 Å². The summed E-state index contributed by atoms with van der Waals surface area (Å²) in [4.78, 5) is 14.1. The first-order chi connectivity index (χ1) is 11.9. The lowest BCUT2D eigenvalue weighted by atomic mass is 10.2. The van der Waals surface area contributed by atoms with Gasteiger partial charge < -0.3 is 4.90 Å². The van der Waals surface area contributed by atoms with Crippen molar-refractivity contribution in [3.8, 4) is 0 Å². The minimum absolute atomic E-state index is 1.07. The molecule has 5 heteroatoms. The molecule has 1 aliphatic rings. The van der Waals surface area contributed by atoms with Gasteiger partial charge in [-0.15, -0.1) is 11.3 Å². The number of pyridine rings is 1. The molecule has 0 unspecified atom stereocenters.